The van der Waals surface area contributed by atoms with Crippen LogP contribution in [-0.4, -0.2) is 10.2 Å². The minimum atomic E-state index is -4.50. The quantitative estimate of drug-likeness (QED) is 0.824. The van der Waals surface area contributed by atoms with Crippen molar-refractivity contribution < 1.29 is 23.4 Å². The molecule has 0 aliphatic carbocycles. The van der Waals surface area contributed by atoms with E-state index < -0.39 is 18.3 Å². The molecule has 0 spiro atoms. The van der Waals surface area contributed by atoms with Crippen molar-refractivity contribution >= 4 is 15.9 Å². The molecule has 2 N–H and O–H groups in total. The van der Waals surface area contributed by atoms with E-state index >= 15 is 0 Å². The van der Waals surface area contributed by atoms with Gasteiger partial charge in [-0.2, -0.15) is 13.2 Å². The van der Waals surface area contributed by atoms with Gasteiger partial charge in [-0.25, -0.2) is 0 Å². The minimum Gasteiger partial charge on any atom is -0.508 e. The van der Waals surface area contributed by atoms with Gasteiger partial charge in [0.1, 0.15) is 5.75 Å². The number of halogens is 4. The second kappa shape index (κ2) is 3.78. The zero-order chi connectivity index (χ0) is 10.9. The SMILES string of the molecule is OCc1cc(C(F)(F)F)c(Br)cc1O. The van der Waals surface area contributed by atoms with E-state index in [1.165, 1.54) is 0 Å². The summed E-state index contributed by atoms with van der Waals surface area (Å²) in [6, 6.07) is 1.62. The first-order valence-corrected chi connectivity index (χ1v) is 4.35. The lowest BCUT2D eigenvalue weighted by atomic mass is 10.1. The number of alkyl halides is 3. The predicted octanol–water partition coefficient (Wildman–Crippen LogP) is 2.67. The zero-order valence-electron chi connectivity index (χ0n) is 6.77. The van der Waals surface area contributed by atoms with Gasteiger partial charge in [0.05, 0.1) is 12.2 Å². The second-order valence-corrected chi connectivity index (χ2v) is 3.47. The molecule has 1 aromatic carbocycles. The number of aromatic hydroxyl groups is 1. The maximum Gasteiger partial charge on any atom is 0.417 e. The topological polar surface area (TPSA) is 40.5 Å². The number of aliphatic hydroxyl groups is 1. The molecule has 1 aromatic rings. The molecule has 1 rings (SSSR count). The number of hydrogen-bond acceptors (Lipinski definition) is 2. The minimum absolute atomic E-state index is 0.152. The van der Waals surface area contributed by atoms with Gasteiger partial charge in [-0.05, 0) is 12.1 Å². The Labute approximate surface area is 86.1 Å². The Morgan fingerprint density at radius 3 is 2.29 bits per heavy atom. The maximum atomic E-state index is 12.3. The lowest BCUT2D eigenvalue weighted by Crippen LogP contribution is -2.07. The van der Waals surface area contributed by atoms with Crippen molar-refractivity contribution in [3.05, 3.63) is 27.7 Å². The Balaban J connectivity index is 3.32. The average molecular weight is 271 g/mol. The van der Waals surface area contributed by atoms with Gasteiger partial charge in [-0.3, -0.25) is 0 Å². The van der Waals surface area contributed by atoms with E-state index in [1.54, 1.807) is 0 Å². The monoisotopic (exact) mass is 270 g/mol. The Morgan fingerprint density at radius 2 is 1.86 bits per heavy atom. The van der Waals surface area contributed by atoms with Gasteiger partial charge in [0.2, 0.25) is 0 Å². The van der Waals surface area contributed by atoms with E-state index in [0.717, 1.165) is 6.07 Å². The van der Waals surface area contributed by atoms with Crippen LogP contribution < -0.4 is 0 Å². The van der Waals surface area contributed by atoms with Crippen LogP contribution in [0.4, 0.5) is 13.2 Å². The first-order chi connectivity index (χ1) is 6.36. The van der Waals surface area contributed by atoms with Crippen LogP contribution in [0.5, 0.6) is 5.75 Å². The number of hydrogen-bond donors (Lipinski definition) is 2. The van der Waals surface area contributed by atoms with Crippen LogP contribution in [0.3, 0.4) is 0 Å². The van der Waals surface area contributed by atoms with Gasteiger partial charge in [0.15, 0.2) is 0 Å². The van der Waals surface area contributed by atoms with Crippen molar-refractivity contribution in [2.75, 3.05) is 0 Å². The van der Waals surface area contributed by atoms with Crippen molar-refractivity contribution in [2.45, 2.75) is 12.8 Å². The third-order valence-corrected chi connectivity index (χ3v) is 2.30. The number of benzene rings is 1. The van der Waals surface area contributed by atoms with Crippen LogP contribution in [0.15, 0.2) is 16.6 Å². The lowest BCUT2D eigenvalue weighted by molar-refractivity contribution is -0.138. The van der Waals surface area contributed by atoms with Gasteiger partial charge in [0, 0.05) is 10.0 Å². The van der Waals surface area contributed by atoms with E-state index in [2.05, 4.69) is 15.9 Å². The molecule has 0 bridgehead atoms. The van der Waals surface area contributed by atoms with Gasteiger partial charge < -0.3 is 10.2 Å². The van der Waals surface area contributed by atoms with Gasteiger partial charge in [-0.15, -0.1) is 0 Å². The van der Waals surface area contributed by atoms with E-state index in [1.807, 2.05) is 0 Å². The van der Waals surface area contributed by atoms with Crippen molar-refractivity contribution in [1.29, 1.82) is 0 Å². The molecule has 0 heterocycles. The molecule has 0 saturated carbocycles. The van der Waals surface area contributed by atoms with Crippen LogP contribution in [0.1, 0.15) is 11.1 Å². The molecule has 0 atom stereocenters. The Hall–Kier alpha value is -0.750. The molecule has 0 fully saturated rings. The molecule has 0 saturated heterocycles. The molecule has 0 aliphatic heterocycles. The summed E-state index contributed by atoms with van der Waals surface area (Å²) in [6.45, 7) is -0.637. The van der Waals surface area contributed by atoms with Crippen LogP contribution >= 0.6 is 15.9 Å². The number of rotatable bonds is 1. The summed E-state index contributed by atoms with van der Waals surface area (Å²) in [7, 11) is 0. The van der Waals surface area contributed by atoms with E-state index in [4.69, 9.17) is 10.2 Å². The van der Waals surface area contributed by atoms with Gasteiger partial charge >= 0.3 is 6.18 Å². The molecule has 14 heavy (non-hydrogen) atoms. The third kappa shape index (κ3) is 2.19. The van der Waals surface area contributed by atoms with Crippen molar-refractivity contribution in [3.8, 4) is 5.75 Å². The standard InChI is InChI=1S/C8H6BrF3O2/c9-6-2-7(14)4(3-13)1-5(6)8(10,11)12/h1-2,13-14H,3H2. The summed E-state index contributed by atoms with van der Waals surface area (Å²) in [6.07, 6.45) is -4.50. The predicted molar refractivity (Wildman–Crippen MR) is 46.7 cm³/mol. The van der Waals surface area contributed by atoms with Gasteiger partial charge in [-0.1, -0.05) is 15.9 Å². The van der Waals surface area contributed by atoms with Gasteiger partial charge in [0.25, 0.3) is 0 Å². The fourth-order valence-electron chi connectivity index (χ4n) is 0.951. The zero-order valence-corrected chi connectivity index (χ0v) is 8.35. The van der Waals surface area contributed by atoms with E-state index in [0.29, 0.717) is 6.07 Å². The highest BCUT2D eigenvalue weighted by molar-refractivity contribution is 9.10. The molecule has 0 amide bonds. The van der Waals surface area contributed by atoms with Crippen LogP contribution in [-0.2, 0) is 12.8 Å². The normalized spacial score (nSPS) is 11.8. The second-order valence-electron chi connectivity index (χ2n) is 2.62. The molecule has 78 valence electrons. The Kier molecular flexibility index (Phi) is 3.06. The summed E-state index contributed by atoms with van der Waals surface area (Å²) >= 11 is 2.68. The smallest absolute Gasteiger partial charge is 0.417 e. The summed E-state index contributed by atoms with van der Waals surface area (Å²) in [5, 5.41) is 17.8. The highest BCUT2D eigenvalue weighted by atomic mass is 79.9. The molecule has 0 unspecified atom stereocenters. The molecular formula is C8H6BrF3O2. The highest BCUT2D eigenvalue weighted by Gasteiger charge is 2.33. The fourth-order valence-corrected chi connectivity index (χ4v) is 1.51. The molecule has 0 aliphatic rings. The Bertz CT molecular complexity index is 349. The average Bonchev–Trinajstić information content (AvgIpc) is 2.02. The number of phenols is 1. The summed E-state index contributed by atoms with van der Waals surface area (Å²) in [5.74, 6) is -0.368. The van der Waals surface area contributed by atoms with Crippen LogP contribution in [0, 0.1) is 0 Å². The first kappa shape index (κ1) is 11.3. The highest BCUT2D eigenvalue weighted by Crippen LogP contribution is 2.38. The van der Waals surface area contributed by atoms with Crippen molar-refractivity contribution in [2.24, 2.45) is 0 Å². The summed E-state index contributed by atoms with van der Waals surface area (Å²) in [4.78, 5) is 0. The Morgan fingerprint density at radius 1 is 1.29 bits per heavy atom. The third-order valence-electron chi connectivity index (χ3n) is 1.64. The fraction of sp³-hybridized carbons (Fsp3) is 0.250. The van der Waals surface area contributed by atoms with E-state index in [-0.39, 0.29) is 15.8 Å². The summed E-state index contributed by atoms with van der Waals surface area (Å²) in [5.41, 5.74) is -1.07. The van der Waals surface area contributed by atoms with Crippen LogP contribution in [0.25, 0.3) is 0 Å². The molecule has 0 aromatic heterocycles. The molecule has 6 heteroatoms. The molecule has 0 radical (unpaired) electrons. The summed E-state index contributed by atoms with van der Waals surface area (Å²) < 4.78 is 36.7. The van der Waals surface area contributed by atoms with Crippen molar-refractivity contribution in [3.63, 3.8) is 0 Å². The first-order valence-electron chi connectivity index (χ1n) is 3.55. The largest absolute Gasteiger partial charge is 0.508 e. The lowest BCUT2D eigenvalue weighted by Gasteiger charge is -2.11. The van der Waals surface area contributed by atoms with Crippen molar-refractivity contribution in [1.82, 2.24) is 0 Å². The maximum absolute atomic E-state index is 12.3. The van der Waals surface area contributed by atoms with Crippen LogP contribution in [0.2, 0.25) is 0 Å². The number of aliphatic hydroxyl groups excluding tert-OH is 1. The van der Waals surface area contributed by atoms with E-state index in [9.17, 15) is 13.2 Å². The molecule has 2 nitrogen and oxygen atoms in total. The molecular weight excluding hydrogens is 265 g/mol.